The Morgan fingerprint density at radius 1 is 1.05 bits per heavy atom. The van der Waals surface area contributed by atoms with Gasteiger partial charge in [-0.15, -0.1) is 0 Å². The van der Waals surface area contributed by atoms with Gasteiger partial charge in [-0.2, -0.15) is 0 Å². The summed E-state index contributed by atoms with van der Waals surface area (Å²) < 4.78 is 0. The summed E-state index contributed by atoms with van der Waals surface area (Å²) in [5, 5.41) is 11.0. The first-order valence-corrected chi connectivity index (χ1v) is 7.37. The van der Waals surface area contributed by atoms with E-state index in [0.717, 1.165) is 5.69 Å². The lowest BCUT2D eigenvalue weighted by atomic mass is 10.1. The zero-order valence-electron chi connectivity index (χ0n) is 9.74. The van der Waals surface area contributed by atoms with Crippen LogP contribution in [-0.2, 0) is 0 Å². The Morgan fingerprint density at radius 2 is 1.74 bits per heavy atom. The first kappa shape index (κ1) is 14.1. The van der Waals surface area contributed by atoms with Gasteiger partial charge in [-0.25, -0.2) is 0 Å². The molecule has 1 aromatic carbocycles. The maximum absolute atomic E-state index is 11.0. The minimum Gasteiger partial charge on any atom is -0.260 e. The zero-order chi connectivity index (χ0) is 13.8. The Hall–Kier alpha value is -1.27. The van der Waals surface area contributed by atoms with Crippen molar-refractivity contribution in [3.05, 3.63) is 70.0 Å². The van der Waals surface area contributed by atoms with Crippen LogP contribution in [0.3, 0.4) is 0 Å². The highest BCUT2D eigenvalue weighted by atomic mass is 79.9. The number of hydrogen-bond donors (Lipinski definition) is 0. The molecule has 0 amide bonds. The fourth-order valence-corrected chi connectivity index (χ4v) is 2.95. The second kappa shape index (κ2) is 6.25. The standard InChI is InChI=1S/C13H10Br2N2O2/c14-12(13(15)10-6-3-4-8-16-10)9-5-1-2-7-11(9)17(18)19/h1-8,12-13H. The predicted molar refractivity (Wildman–Crippen MR) is 80.7 cm³/mol. The molecule has 2 unspecified atom stereocenters. The van der Waals surface area contributed by atoms with Crippen molar-refractivity contribution in [1.82, 2.24) is 4.98 Å². The minimum atomic E-state index is -0.373. The van der Waals surface area contributed by atoms with E-state index in [-0.39, 0.29) is 20.3 Å². The first-order valence-electron chi connectivity index (χ1n) is 5.53. The van der Waals surface area contributed by atoms with Crippen LogP contribution in [0.4, 0.5) is 5.69 Å². The quantitative estimate of drug-likeness (QED) is 0.440. The van der Waals surface area contributed by atoms with Gasteiger partial charge in [0, 0.05) is 17.8 Å². The van der Waals surface area contributed by atoms with Crippen LogP contribution in [0.25, 0.3) is 0 Å². The van der Waals surface area contributed by atoms with Gasteiger partial charge in [0.05, 0.1) is 20.3 Å². The topological polar surface area (TPSA) is 56.0 Å². The first-order chi connectivity index (χ1) is 9.11. The van der Waals surface area contributed by atoms with E-state index in [2.05, 4.69) is 36.8 Å². The van der Waals surface area contributed by atoms with Crippen molar-refractivity contribution in [3.8, 4) is 0 Å². The Labute approximate surface area is 127 Å². The number of rotatable bonds is 4. The van der Waals surface area contributed by atoms with E-state index in [0.29, 0.717) is 5.56 Å². The summed E-state index contributed by atoms with van der Waals surface area (Å²) in [7, 11) is 0. The Morgan fingerprint density at radius 3 is 2.37 bits per heavy atom. The molecule has 6 heteroatoms. The summed E-state index contributed by atoms with van der Waals surface area (Å²) in [5.74, 6) is 0. The van der Waals surface area contributed by atoms with Crippen molar-refractivity contribution in [3.63, 3.8) is 0 Å². The molecule has 2 atom stereocenters. The lowest BCUT2D eigenvalue weighted by Gasteiger charge is -2.16. The normalized spacial score (nSPS) is 13.8. The summed E-state index contributed by atoms with van der Waals surface area (Å²) in [5.41, 5.74) is 1.55. The molecule has 0 spiro atoms. The lowest BCUT2D eigenvalue weighted by Crippen LogP contribution is -2.04. The van der Waals surface area contributed by atoms with E-state index >= 15 is 0 Å². The van der Waals surface area contributed by atoms with Gasteiger partial charge in [0.2, 0.25) is 0 Å². The van der Waals surface area contributed by atoms with Gasteiger partial charge in [0.1, 0.15) is 0 Å². The molecule has 0 aliphatic carbocycles. The van der Waals surface area contributed by atoms with Crippen LogP contribution in [-0.4, -0.2) is 9.91 Å². The zero-order valence-corrected chi connectivity index (χ0v) is 12.9. The fourth-order valence-electron chi connectivity index (χ4n) is 1.73. The predicted octanol–water partition coefficient (Wildman–Crippen LogP) is 4.56. The van der Waals surface area contributed by atoms with Crippen molar-refractivity contribution in [2.45, 2.75) is 9.65 Å². The van der Waals surface area contributed by atoms with Crippen LogP contribution in [0.15, 0.2) is 48.7 Å². The Balaban J connectivity index is 2.34. The molecule has 0 saturated carbocycles. The van der Waals surface area contributed by atoms with Crippen LogP contribution < -0.4 is 0 Å². The molecule has 0 fully saturated rings. The van der Waals surface area contributed by atoms with Crippen LogP contribution in [0.2, 0.25) is 0 Å². The van der Waals surface area contributed by atoms with Gasteiger partial charge in [-0.1, -0.05) is 56.1 Å². The van der Waals surface area contributed by atoms with E-state index < -0.39 is 0 Å². The number of nitro benzene ring substituents is 1. The molecular formula is C13H10Br2N2O2. The van der Waals surface area contributed by atoms with E-state index in [1.54, 1.807) is 24.4 Å². The molecule has 19 heavy (non-hydrogen) atoms. The maximum atomic E-state index is 11.0. The summed E-state index contributed by atoms with van der Waals surface area (Å²) in [6, 6.07) is 12.3. The van der Waals surface area contributed by atoms with E-state index in [4.69, 9.17) is 0 Å². The average molecular weight is 386 g/mol. The van der Waals surface area contributed by atoms with Crippen molar-refractivity contribution >= 4 is 37.5 Å². The second-order valence-electron chi connectivity index (χ2n) is 3.87. The molecular weight excluding hydrogens is 376 g/mol. The highest BCUT2D eigenvalue weighted by Crippen LogP contribution is 2.44. The van der Waals surface area contributed by atoms with Gasteiger partial charge in [-0.3, -0.25) is 15.1 Å². The maximum Gasteiger partial charge on any atom is 0.273 e. The SMILES string of the molecule is O=[N+]([O-])c1ccccc1C(Br)C(Br)c1ccccn1. The fraction of sp³-hybridized carbons (Fsp3) is 0.154. The number of alkyl halides is 2. The van der Waals surface area contributed by atoms with Crippen LogP contribution in [0.5, 0.6) is 0 Å². The molecule has 1 heterocycles. The number of para-hydroxylation sites is 1. The largest absolute Gasteiger partial charge is 0.273 e. The number of nitro groups is 1. The number of pyridine rings is 1. The second-order valence-corrected chi connectivity index (χ2v) is 5.85. The molecule has 2 rings (SSSR count). The van der Waals surface area contributed by atoms with Crippen molar-refractivity contribution in [1.29, 1.82) is 0 Å². The molecule has 4 nitrogen and oxygen atoms in total. The van der Waals surface area contributed by atoms with Gasteiger partial charge < -0.3 is 0 Å². The van der Waals surface area contributed by atoms with E-state index in [9.17, 15) is 10.1 Å². The molecule has 1 aromatic heterocycles. The van der Waals surface area contributed by atoms with Gasteiger partial charge in [0.15, 0.2) is 0 Å². The molecule has 0 saturated heterocycles. The average Bonchev–Trinajstić information content (AvgIpc) is 2.46. The molecule has 2 aromatic rings. The van der Waals surface area contributed by atoms with E-state index in [1.165, 1.54) is 6.07 Å². The van der Waals surface area contributed by atoms with Gasteiger partial charge in [-0.05, 0) is 12.1 Å². The summed E-state index contributed by atoms with van der Waals surface area (Å²) in [6.07, 6.45) is 1.70. The third-order valence-electron chi connectivity index (χ3n) is 2.66. The number of halogens is 2. The number of aromatic nitrogens is 1. The summed E-state index contributed by atoms with van der Waals surface area (Å²) >= 11 is 7.06. The lowest BCUT2D eigenvalue weighted by molar-refractivity contribution is -0.385. The van der Waals surface area contributed by atoms with Crippen LogP contribution in [0, 0.1) is 10.1 Å². The number of nitrogens with zero attached hydrogens (tertiary/aromatic N) is 2. The minimum absolute atomic E-state index is 0.102. The summed E-state index contributed by atoms with van der Waals surface area (Å²) in [4.78, 5) is 14.5. The smallest absolute Gasteiger partial charge is 0.260 e. The summed E-state index contributed by atoms with van der Waals surface area (Å²) in [6.45, 7) is 0. The highest BCUT2D eigenvalue weighted by Gasteiger charge is 2.26. The van der Waals surface area contributed by atoms with Crippen molar-refractivity contribution < 1.29 is 4.92 Å². The van der Waals surface area contributed by atoms with Gasteiger partial charge >= 0.3 is 0 Å². The number of hydrogen-bond acceptors (Lipinski definition) is 3. The third kappa shape index (κ3) is 3.19. The molecule has 0 aliphatic rings. The highest BCUT2D eigenvalue weighted by molar-refractivity contribution is 9.12. The van der Waals surface area contributed by atoms with Crippen LogP contribution >= 0.6 is 31.9 Å². The Kier molecular flexibility index (Phi) is 4.66. The Bertz CT molecular complexity index is 578. The molecule has 0 bridgehead atoms. The van der Waals surface area contributed by atoms with Gasteiger partial charge in [0.25, 0.3) is 5.69 Å². The van der Waals surface area contributed by atoms with Crippen molar-refractivity contribution in [2.24, 2.45) is 0 Å². The number of benzene rings is 1. The monoisotopic (exact) mass is 384 g/mol. The molecule has 0 radical (unpaired) electrons. The molecule has 0 aliphatic heterocycles. The third-order valence-corrected chi connectivity index (χ3v) is 5.39. The van der Waals surface area contributed by atoms with Crippen LogP contribution in [0.1, 0.15) is 20.9 Å². The molecule has 98 valence electrons. The van der Waals surface area contributed by atoms with E-state index in [1.807, 2.05) is 18.2 Å². The van der Waals surface area contributed by atoms with Crippen molar-refractivity contribution in [2.75, 3.05) is 0 Å². The molecule has 0 N–H and O–H groups in total.